The summed E-state index contributed by atoms with van der Waals surface area (Å²) in [6.07, 6.45) is 0. The molecular weight excluding hydrogens is 334 g/mol. The Morgan fingerprint density at radius 2 is 1.88 bits per heavy atom. The van der Waals surface area contributed by atoms with Gasteiger partial charge in [-0.1, -0.05) is 47.3 Å². The smallest absolute Gasteiger partial charge is 0.251 e. The molecule has 0 radical (unpaired) electrons. The van der Waals surface area contributed by atoms with Crippen molar-refractivity contribution in [2.75, 3.05) is 0 Å². The van der Waals surface area contributed by atoms with Crippen molar-refractivity contribution in [2.24, 2.45) is 5.73 Å². The summed E-state index contributed by atoms with van der Waals surface area (Å²) in [5.41, 5.74) is 10.6. The van der Waals surface area contributed by atoms with Crippen LogP contribution in [0.15, 0.2) is 45.9 Å². The van der Waals surface area contributed by atoms with Crippen LogP contribution in [0, 0.1) is 20.8 Å². The van der Waals surface area contributed by atoms with E-state index in [1.165, 1.54) is 11.8 Å². The third-order valence-electron chi connectivity index (χ3n) is 4.18. The van der Waals surface area contributed by atoms with E-state index >= 15 is 0 Å². The first kappa shape index (κ1) is 17.2. The molecule has 3 rings (SSSR count). The van der Waals surface area contributed by atoms with E-state index in [4.69, 9.17) is 10.3 Å². The van der Waals surface area contributed by atoms with Gasteiger partial charge in [0.05, 0.1) is 11.3 Å². The summed E-state index contributed by atoms with van der Waals surface area (Å²) in [4.78, 5) is 16.4. The van der Waals surface area contributed by atoms with Crippen LogP contribution in [-0.2, 0) is 5.75 Å². The Bertz CT molecular complexity index is 920. The van der Waals surface area contributed by atoms with Crippen molar-refractivity contribution in [3.63, 3.8) is 0 Å². The lowest BCUT2D eigenvalue weighted by Gasteiger charge is -2.12. The number of carbonyl (C=O) groups is 1. The first-order valence-electron chi connectivity index (χ1n) is 7.88. The van der Waals surface area contributed by atoms with E-state index in [9.17, 15) is 4.79 Å². The number of hydrogen-bond donors (Lipinski definition) is 1. The van der Waals surface area contributed by atoms with Crippen LogP contribution in [0.4, 0.5) is 0 Å². The summed E-state index contributed by atoms with van der Waals surface area (Å²) in [6, 6.07) is 11.7. The fraction of sp³-hybridized carbons (Fsp3) is 0.211. The molecule has 0 aliphatic carbocycles. The molecule has 0 aliphatic heterocycles. The zero-order valence-electron chi connectivity index (χ0n) is 14.4. The maximum Gasteiger partial charge on any atom is 0.251 e. The maximum atomic E-state index is 11.8. The van der Waals surface area contributed by atoms with Gasteiger partial charge in [-0.3, -0.25) is 4.79 Å². The lowest BCUT2D eigenvalue weighted by molar-refractivity contribution is 0.0996. The predicted octanol–water partition coefficient (Wildman–Crippen LogP) is 4.05. The van der Waals surface area contributed by atoms with Crippen molar-refractivity contribution in [3.05, 3.63) is 64.5 Å². The summed E-state index contributed by atoms with van der Waals surface area (Å²) in [6.45, 7) is 5.78. The molecule has 128 valence electrons. The van der Waals surface area contributed by atoms with Crippen molar-refractivity contribution in [1.82, 2.24) is 10.1 Å². The van der Waals surface area contributed by atoms with Gasteiger partial charge in [0.15, 0.2) is 5.76 Å². The van der Waals surface area contributed by atoms with Crippen molar-refractivity contribution in [1.29, 1.82) is 0 Å². The molecule has 0 saturated carbocycles. The molecule has 0 unspecified atom stereocenters. The minimum Gasteiger partial charge on any atom is -0.366 e. The average Bonchev–Trinajstić information content (AvgIpc) is 3.07. The van der Waals surface area contributed by atoms with Gasteiger partial charge >= 0.3 is 0 Å². The summed E-state index contributed by atoms with van der Waals surface area (Å²) < 4.78 is 5.41. The molecule has 25 heavy (non-hydrogen) atoms. The number of nitrogens with zero attached hydrogens (tertiary/aromatic N) is 2. The van der Waals surface area contributed by atoms with Crippen molar-refractivity contribution < 1.29 is 9.32 Å². The van der Waals surface area contributed by atoms with E-state index in [2.05, 4.69) is 10.1 Å². The number of aromatic nitrogens is 2. The Hall–Kier alpha value is -2.60. The predicted molar refractivity (Wildman–Crippen MR) is 98.5 cm³/mol. The second-order valence-corrected chi connectivity index (χ2v) is 6.79. The molecule has 5 nitrogen and oxygen atoms in total. The number of benzene rings is 1. The second kappa shape index (κ2) is 7.11. The second-order valence-electron chi connectivity index (χ2n) is 5.83. The van der Waals surface area contributed by atoms with Gasteiger partial charge in [-0.05, 0) is 31.9 Å². The van der Waals surface area contributed by atoms with Gasteiger partial charge in [0, 0.05) is 23.1 Å². The number of thioether (sulfide) groups is 1. The first-order chi connectivity index (χ1) is 12.0. The number of pyridine rings is 1. The normalized spacial score (nSPS) is 10.8. The van der Waals surface area contributed by atoms with Crippen molar-refractivity contribution in [3.8, 4) is 11.3 Å². The molecule has 3 aromatic rings. The van der Waals surface area contributed by atoms with Gasteiger partial charge in [0.2, 0.25) is 0 Å². The maximum absolute atomic E-state index is 11.8. The SMILES string of the molecule is Cc1nc(SCc2cc(-c3ccccc3)on2)c(C(N)=O)c(C)c1C. The Morgan fingerprint density at radius 1 is 1.16 bits per heavy atom. The van der Waals surface area contributed by atoms with Crippen LogP contribution in [0.25, 0.3) is 11.3 Å². The number of rotatable bonds is 5. The van der Waals surface area contributed by atoms with Gasteiger partial charge in [0.1, 0.15) is 5.03 Å². The molecule has 2 aromatic heterocycles. The Labute approximate surface area is 150 Å². The van der Waals surface area contributed by atoms with Crippen molar-refractivity contribution >= 4 is 17.7 Å². The number of hydrogen-bond acceptors (Lipinski definition) is 5. The molecule has 0 spiro atoms. The summed E-state index contributed by atoms with van der Waals surface area (Å²) in [5.74, 6) is 0.808. The van der Waals surface area contributed by atoms with Gasteiger partial charge in [-0.15, -0.1) is 0 Å². The fourth-order valence-electron chi connectivity index (χ4n) is 2.57. The molecule has 6 heteroatoms. The lowest BCUT2D eigenvalue weighted by atomic mass is 10.0. The monoisotopic (exact) mass is 353 g/mol. The minimum atomic E-state index is -0.458. The van der Waals surface area contributed by atoms with E-state index in [1.54, 1.807) is 0 Å². The van der Waals surface area contributed by atoms with Crippen LogP contribution in [0.5, 0.6) is 0 Å². The highest BCUT2D eigenvalue weighted by molar-refractivity contribution is 7.98. The Balaban J connectivity index is 1.83. The summed E-state index contributed by atoms with van der Waals surface area (Å²) in [5, 5.41) is 4.74. The quantitative estimate of drug-likeness (QED) is 0.700. The molecule has 0 aliphatic rings. The number of primary amides is 1. The van der Waals surface area contributed by atoms with Crippen LogP contribution >= 0.6 is 11.8 Å². The zero-order chi connectivity index (χ0) is 18.0. The van der Waals surface area contributed by atoms with Crippen LogP contribution in [0.2, 0.25) is 0 Å². The van der Waals surface area contributed by atoms with Crippen LogP contribution < -0.4 is 5.73 Å². The van der Waals surface area contributed by atoms with E-state index < -0.39 is 5.91 Å². The van der Waals surface area contributed by atoms with E-state index in [1.807, 2.05) is 57.2 Å². The molecular formula is C19H19N3O2S. The molecule has 0 saturated heterocycles. The first-order valence-corrected chi connectivity index (χ1v) is 8.87. The lowest BCUT2D eigenvalue weighted by Crippen LogP contribution is -2.16. The standard InChI is InChI=1S/C19H19N3O2S/c1-11-12(2)17(18(20)23)19(21-13(11)3)25-10-15-9-16(24-22-15)14-7-5-4-6-8-14/h4-9H,10H2,1-3H3,(H2,20,23). The minimum absolute atomic E-state index is 0.458. The van der Waals surface area contributed by atoms with Crippen molar-refractivity contribution in [2.45, 2.75) is 31.6 Å². The van der Waals surface area contributed by atoms with Crippen LogP contribution in [-0.4, -0.2) is 16.0 Å². The van der Waals surface area contributed by atoms with Gasteiger partial charge in [0.25, 0.3) is 5.91 Å². The summed E-state index contributed by atoms with van der Waals surface area (Å²) in [7, 11) is 0. The molecule has 0 atom stereocenters. The highest BCUT2D eigenvalue weighted by Crippen LogP contribution is 2.30. The molecule has 2 heterocycles. The third kappa shape index (κ3) is 3.58. The number of amides is 1. The van der Waals surface area contributed by atoms with Gasteiger partial charge in [-0.25, -0.2) is 4.98 Å². The molecule has 0 bridgehead atoms. The van der Waals surface area contributed by atoms with E-state index in [0.717, 1.165) is 33.8 Å². The van der Waals surface area contributed by atoms with Gasteiger partial charge in [-0.2, -0.15) is 0 Å². The number of aryl methyl sites for hydroxylation is 1. The average molecular weight is 353 g/mol. The Kier molecular flexibility index (Phi) is 4.90. The summed E-state index contributed by atoms with van der Waals surface area (Å²) >= 11 is 1.44. The zero-order valence-corrected chi connectivity index (χ0v) is 15.2. The molecule has 1 amide bonds. The van der Waals surface area contributed by atoms with Crippen LogP contribution in [0.3, 0.4) is 0 Å². The third-order valence-corrected chi connectivity index (χ3v) is 5.19. The highest BCUT2D eigenvalue weighted by Gasteiger charge is 2.18. The number of carbonyl (C=O) groups excluding carboxylic acids is 1. The molecule has 1 aromatic carbocycles. The van der Waals surface area contributed by atoms with Crippen LogP contribution in [0.1, 0.15) is 32.9 Å². The topological polar surface area (TPSA) is 82.0 Å². The fourth-order valence-corrected chi connectivity index (χ4v) is 3.59. The highest BCUT2D eigenvalue weighted by atomic mass is 32.2. The largest absolute Gasteiger partial charge is 0.366 e. The van der Waals surface area contributed by atoms with E-state index in [0.29, 0.717) is 16.3 Å². The molecule has 0 fully saturated rings. The number of nitrogens with two attached hydrogens (primary N) is 1. The van der Waals surface area contributed by atoms with Gasteiger partial charge < -0.3 is 10.3 Å². The van der Waals surface area contributed by atoms with E-state index in [-0.39, 0.29) is 0 Å². The Morgan fingerprint density at radius 3 is 2.56 bits per heavy atom. The molecule has 2 N–H and O–H groups in total.